The molecule has 162 valence electrons. The molecular formula is C22H22ClF2N5O. The van der Waals surface area contributed by atoms with Gasteiger partial charge in [-0.2, -0.15) is 0 Å². The van der Waals surface area contributed by atoms with Crippen LogP contribution in [0.25, 0.3) is 11.3 Å². The fourth-order valence-corrected chi connectivity index (χ4v) is 4.18. The highest BCUT2D eigenvalue weighted by molar-refractivity contribution is 6.31. The lowest BCUT2D eigenvalue weighted by molar-refractivity contribution is -0.115. The normalized spacial score (nSPS) is 16.6. The predicted octanol–water partition coefficient (Wildman–Crippen LogP) is 4.26. The second-order valence-corrected chi connectivity index (χ2v) is 8.33. The van der Waals surface area contributed by atoms with Crippen molar-refractivity contribution in [3.63, 3.8) is 0 Å². The SMILES string of the molecule is CC1(C)c2nc(-c3ccc(F)cc3)c(Nc3ccc(F)c(Cl)c3)n2CCN1C(N)C=O. The number of nitrogens with zero attached hydrogens (tertiary/aromatic N) is 3. The van der Waals surface area contributed by atoms with Crippen molar-refractivity contribution in [3.05, 3.63) is 64.9 Å². The van der Waals surface area contributed by atoms with E-state index in [0.717, 1.165) is 0 Å². The number of aromatic nitrogens is 2. The third-order valence-corrected chi connectivity index (χ3v) is 5.89. The number of nitrogens with two attached hydrogens (primary N) is 1. The molecule has 0 radical (unpaired) electrons. The first-order valence-corrected chi connectivity index (χ1v) is 10.2. The Hall–Kier alpha value is -2.81. The number of halogens is 3. The van der Waals surface area contributed by atoms with Crippen LogP contribution in [-0.2, 0) is 16.9 Å². The summed E-state index contributed by atoms with van der Waals surface area (Å²) in [5.41, 5.74) is 7.27. The van der Waals surface area contributed by atoms with Gasteiger partial charge >= 0.3 is 0 Å². The lowest BCUT2D eigenvalue weighted by Gasteiger charge is -2.43. The molecule has 1 aromatic heterocycles. The number of carbonyl (C=O) groups is 1. The molecule has 1 unspecified atom stereocenters. The van der Waals surface area contributed by atoms with Gasteiger partial charge in [-0.05, 0) is 56.3 Å². The highest BCUT2D eigenvalue weighted by atomic mass is 35.5. The first kappa shape index (κ1) is 21.4. The van der Waals surface area contributed by atoms with E-state index in [1.54, 1.807) is 18.2 Å². The van der Waals surface area contributed by atoms with Crippen molar-refractivity contribution in [3.8, 4) is 11.3 Å². The number of hydrogen-bond donors (Lipinski definition) is 2. The highest BCUT2D eigenvalue weighted by Gasteiger charge is 2.41. The second kappa shape index (κ2) is 8.03. The molecule has 2 heterocycles. The van der Waals surface area contributed by atoms with Gasteiger partial charge in [-0.15, -0.1) is 0 Å². The van der Waals surface area contributed by atoms with E-state index in [2.05, 4.69) is 5.32 Å². The molecule has 4 rings (SSSR count). The maximum absolute atomic E-state index is 13.6. The zero-order chi connectivity index (χ0) is 22.3. The van der Waals surface area contributed by atoms with Crippen LogP contribution < -0.4 is 11.1 Å². The minimum atomic E-state index is -0.762. The quantitative estimate of drug-likeness (QED) is 0.574. The number of carbonyl (C=O) groups excluding carboxylic acids is 1. The van der Waals surface area contributed by atoms with Gasteiger partial charge < -0.3 is 20.4 Å². The summed E-state index contributed by atoms with van der Waals surface area (Å²) in [5.74, 6) is 0.500. The summed E-state index contributed by atoms with van der Waals surface area (Å²) in [7, 11) is 0. The molecule has 9 heteroatoms. The van der Waals surface area contributed by atoms with Crippen molar-refractivity contribution in [2.24, 2.45) is 5.73 Å². The van der Waals surface area contributed by atoms with Gasteiger partial charge in [-0.25, -0.2) is 13.8 Å². The largest absolute Gasteiger partial charge is 0.340 e. The standard InChI is InChI=1S/C22H22ClF2N5O/c1-22(2)21-28-19(13-3-5-14(24)6-4-13)20(27-15-7-8-17(25)16(23)11-15)29(21)9-10-30(22)18(26)12-31/h3-8,11-12,18,27H,9-10,26H2,1-2H3. The van der Waals surface area contributed by atoms with Gasteiger partial charge in [0.1, 0.15) is 35.1 Å². The molecule has 0 saturated heterocycles. The average molecular weight is 446 g/mol. The van der Waals surface area contributed by atoms with Crippen molar-refractivity contribution >= 4 is 29.4 Å². The van der Waals surface area contributed by atoms with E-state index < -0.39 is 17.5 Å². The molecule has 1 atom stereocenters. The van der Waals surface area contributed by atoms with Crippen LogP contribution >= 0.6 is 11.6 Å². The summed E-state index contributed by atoms with van der Waals surface area (Å²) >= 11 is 5.95. The number of nitrogens with one attached hydrogen (secondary N) is 1. The van der Waals surface area contributed by atoms with Crippen molar-refractivity contribution in [2.75, 3.05) is 11.9 Å². The maximum Gasteiger partial charge on any atom is 0.151 e. The molecule has 1 aliphatic heterocycles. The Bertz CT molecular complexity index is 1130. The van der Waals surface area contributed by atoms with Crippen molar-refractivity contribution in [2.45, 2.75) is 32.1 Å². The van der Waals surface area contributed by atoms with Crippen LogP contribution in [0.3, 0.4) is 0 Å². The Kier molecular flexibility index (Phi) is 5.55. The first-order valence-electron chi connectivity index (χ1n) is 9.79. The van der Waals surface area contributed by atoms with Crippen LogP contribution in [0.15, 0.2) is 42.5 Å². The monoisotopic (exact) mass is 445 g/mol. The van der Waals surface area contributed by atoms with Crippen molar-refractivity contribution in [1.29, 1.82) is 0 Å². The number of hydrogen-bond acceptors (Lipinski definition) is 5. The van der Waals surface area contributed by atoms with Crippen molar-refractivity contribution < 1.29 is 13.6 Å². The number of benzene rings is 2. The zero-order valence-electron chi connectivity index (χ0n) is 17.1. The van der Waals surface area contributed by atoms with Gasteiger partial charge in [-0.3, -0.25) is 4.90 Å². The molecule has 1 aliphatic rings. The van der Waals surface area contributed by atoms with E-state index in [1.165, 1.54) is 24.3 Å². The topological polar surface area (TPSA) is 76.2 Å². The average Bonchev–Trinajstić information content (AvgIpc) is 3.10. The molecule has 0 fully saturated rings. The lowest BCUT2D eigenvalue weighted by Crippen LogP contribution is -2.57. The number of rotatable bonds is 5. The van der Waals surface area contributed by atoms with Crippen LogP contribution in [0.1, 0.15) is 19.7 Å². The Balaban J connectivity index is 1.86. The van der Waals surface area contributed by atoms with E-state index >= 15 is 0 Å². The molecule has 0 spiro atoms. The van der Waals surface area contributed by atoms with Crippen LogP contribution in [-0.4, -0.2) is 33.4 Å². The Morgan fingerprint density at radius 3 is 2.55 bits per heavy atom. The number of fused-ring (bicyclic) bond motifs is 1. The van der Waals surface area contributed by atoms with E-state index in [9.17, 15) is 13.6 Å². The smallest absolute Gasteiger partial charge is 0.151 e. The van der Waals surface area contributed by atoms with Gasteiger partial charge in [0.2, 0.25) is 0 Å². The summed E-state index contributed by atoms with van der Waals surface area (Å²) in [6, 6.07) is 10.4. The summed E-state index contributed by atoms with van der Waals surface area (Å²) < 4.78 is 29.1. The van der Waals surface area contributed by atoms with Crippen LogP contribution in [0.4, 0.5) is 20.3 Å². The lowest BCUT2D eigenvalue weighted by atomic mass is 9.98. The van der Waals surface area contributed by atoms with Crippen LogP contribution in [0.2, 0.25) is 5.02 Å². The summed E-state index contributed by atoms with van der Waals surface area (Å²) in [4.78, 5) is 18.1. The van der Waals surface area contributed by atoms with E-state index in [-0.39, 0.29) is 10.8 Å². The van der Waals surface area contributed by atoms with Gasteiger partial charge in [0.15, 0.2) is 6.29 Å². The second-order valence-electron chi connectivity index (χ2n) is 7.92. The minimum absolute atomic E-state index is 0.00447. The van der Waals surface area contributed by atoms with E-state index in [1.807, 2.05) is 23.3 Å². The molecule has 3 N–H and O–H groups in total. The number of imidazole rings is 1. The summed E-state index contributed by atoms with van der Waals surface area (Å²) in [6.45, 7) is 4.94. The fraction of sp³-hybridized carbons (Fsp3) is 0.273. The van der Waals surface area contributed by atoms with Gasteiger partial charge in [0.05, 0.1) is 10.6 Å². The molecule has 0 aliphatic carbocycles. The Morgan fingerprint density at radius 1 is 1.19 bits per heavy atom. The van der Waals surface area contributed by atoms with Gasteiger partial charge in [-0.1, -0.05) is 11.6 Å². The predicted molar refractivity (Wildman–Crippen MR) is 116 cm³/mol. The van der Waals surface area contributed by atoms with Crippen LogP contribution in [0.5, 0.6) is 0 Å². The third-order valence-electron chi connectivity index (χ3n) is 5.60. The molecule has 31 heavy (non-hydrogen) atoms. The van der Waals surface area contributed by atoms with Gasteiger partial charge in [0, 0.05) is 24.3 Å². The fourth-order valence-electron chi connectivity index (χ4n) is 3.99. The summed E-state index contributed by atoms with van der Waals surface area (Å²) in [6.07, 6.45) is -0.0528. The van der Waals surface area contributed by atoms with Crippen LogP contribution in [0, 0.1) is 11.6 Å². The summed E-state index contributed by atoms with van der Waals surface area (Å²) in [5, 5.41) is 3.29. The molecule has 6 nitrogen and oxygen atoms in total. The number of aldehydes is 1. The molecule has 2 aromatic carbocycles. The molecule has 0 amide bonds. The van der Waals surface area contributed by atoms with E-state index in [0.29, 0.717) is 48.0 Å². The molecule has 0 saturated carbocycles. The Morgan fingerprint density at radius 2 is 1.90 bits per heavy atom. The minimum Gasteiger partial charge on any atom is -0.340 e. The maximum atomic E-state index is 13.6. The Labute approximate surface area is 183 Å². The molecule has 0 bridgehead atoms. The van der Waals surface area contributed by atoms with E-state index in [4.69, 9.17) is 22.3 Å². The highest BCUT2D eigenvalue weighted by Crippen LogP contribution is 2.40. The third kappa shape index (κ3) is 3.82. The first-order chi connectivity index (χ1) is 14.7. The molecular weight excluding hydrogens is 424 g/mol. The zero-order valence-corrected chi connectivity index (χ0v) is 17.8. The van der Waals surface area contributed by atoms with Gasteiger partial charge in [0.25, 0.3) is 0 Å². The number of anilines is 2. The van der Waals surface area contributed by atoms with Crippen molar-refractivity contribution in [1.82, 2.24) is 14.5 Å². The molecule has 3 aromatic rings.